The highest BCUT2D eigenvalue weighted by Gasteiger charge is 2.17. The number of aldehydes is 1. The molecule has 4 nitrogen and oxygen atoms in total. The van der Waals surface area contributed by atoms with E-state index in [0.717, 1.165) is 16.5 Å². The zero-order valence-corrected chi connectivity index (χ0v) is 12.7. The van der Waals surface area contributed by atoms with Gasteiger partial charge in [0.2, 0.25) is 0 Å². The topological polar surface area (TPSA) is 52.2 Å². The maximum atomic E-state index is 12.8. The summed E-state index contributed by atoms with van der Waals surface area (Å²) in [5.41, 5.74) is 2.19. The Morgan fingerprint density at radius 1 is 0.917 bits per heavy atom. The van der Waals surface area contributed by atoms with Gasteiger partial charge in [0.15, 0.2) is 12.0 Å². The second kappa shape index (κ2) is 5.66. The van der Waals surface area contributed by atoms with E-state index >= 15 is 0 Å². The summed E-state index contributed by atoms with van der Waals surface area (Å²) in [5, 5.41) is 0.897. The molecule has 0 saturated carbocycles. The highest BCUT2D eigenvalue weighted by atomic mass is 16.3. The number of benzene rings is 2. The average molecular weight is 315 g/mol. The van der Waals surface area contributed by atoms with Crippen LogP contribution in [-0.2, 0) is 0 Å². The van der Waals surface area contributed by atoms with Crippen LogP contribution in [0, 0.1) is 0 Å². The van der Waals surface area contributed by atoms with Crippen LogP contribution in [0.25, 0.3) is 22.2 Å². The van der Waals surface area contributed by atoms with Crippen LogP contribution >= 0.6 is 0 Å². The second-order valence-electron chi connectivity index (χ2n) is 5.42. The minimum Gasteiger partial charge on any atom is -0.453 e. The first-order valence-corrected chi connectivity index (χ1v) is 7.53. The summed E-state index contributed by atoms with van der Waals surface area (Å²) < 4.78 is 7.15. The summed E-state index contributed by atoms with van der Waals surface area (Å²) in [5.74, 6) is 0.712. The fourth-order valence-electron chi connectivity index (χ4n) is 2.82. The molecule has 0 atom stereocenters. The van der Waals surface area contributed by atoms with Gasteiger partial charge in [0.1, 0.15) is 5.76 Å². The van der Waals surface area contributed by atoms with Gasteiger partial charge in [0, 0.05) is 22.7 Å². The largest absolute Gasteiger partial charge is 0.453 e. The predicted molar refractivity (Wildman–Crippen MR) is 91.2 cm³/mol. The first-order valence-electron chi connectivity index (χ1n) is 7.53. The number of para-hydroxylation sites is 1. The number of fused-ring (bicyclic) bond motifs is 1. The Morgan fingerprint density at radius 2 is 1.67 bits per heavy atom. The van der Waals surface area contributed by atoms with Crippen molar-refractivity contribution in [3.05, 3.63) is 84.3 Å². The number of aromatic nitrogens is 1. The van der Waals surface area contributed by atoms with Crippen LogP contribution in [0.2, 0.25) is 0 Å². The fraction of sp³-hybridized carbons (Fsp3) is 0. The maximum absolute atomic E-state index is 12.8. The van der Waals surface area contributed by atoms with E-state index in [1.54, 1.807) is 35.0 Å². The number of nitrogens with zero attached hydrogens (tertiary/aromatic N) is 1. The van der Waals surface area contributed by atoms with Gasteiger partial charge in [0.05, 0.1) is 5.52 Å². The van der Waals surface area contributed by atoms with Crippen molar-refractivity contribution in [2.75, 3.05) is 0 Å². The van der Waals surface area contributed by atoms with Gasteiger partial charge in [0.25, 0.3) is 5.91 Å². The van der Waals surface area contributed by atoms with Gasteiger partial charge in [-0.2, -0.15) is 0 Å². The fourth-order valence-corrected chi connectivity index (χ4v) is 2.82. The molecule has 0 N–H and O–H groups in total. The van der Waals surface area contributed by atoms with Crippen molar-refractivity contribution in [2.45, 2.75) is 0 Å². The van der Waals surface area contributed by atoms with Gasteiger partial charge in [-0.05, 0) is 30.3 Å². The SMILES string of the molecule is O=Cc1ccc(-c2cn(C(=O)c3ccccc3)c3ccccc23)o1. The zero-order valence-electron chi connectivity index (χ0n) is 12.7. The molecule has 4 heteroatoms. The molecular weight excluding hydrogens is 302 g/mol. The molecule has 0 radical (unpaired) electrons. The van der Waals surface area contributed by atoms with E-state index in [0.29, 0.717) is 17.6 Å². The first kappa shape index (κ1) is 14.2. The van der Waals surface area contributed by atoms with E-state index < -0.39 is 0 Å². The quantitative estimate of drug-likeness (QED) is 0.526. The van der Waals surface area contributed by atoms with Crippen LogP contribution in [0.1, 0.15) is 20.9 Å². The Kier molecular flexibility index (Phi) is 3.35. The first-order chi connectivity index (χ1) is 11.8. The van der Waals surface area contributed by atoms with Crippen molar-refractivity contribution in [2.24, 2.45) is 0 Å². The number of furan rings is 1. The van der Waals surface area contributed by atoms with Gasteiger partial charge >= 0.3 is 0 Å². The van der Waals surface area contributed by atoms with Crippen LogP contribution in [-0.4, -0.2) is 16.8 Å². The number of rotatable bonds is 3. The summed E-state index contributed by atoms with van der Waals surface area (Å²) in [6.45, 7) is 0. The highest BCUT2D eigenvalue weighted by Crippen LogP contribution is 2.32. The van der Waals surface area contributed by atoms with Gasteiger partial charge in [-0.1, -0.05) is 36.4 Å². The van der Waals surface area contributed by atoms with Crippen molar-refractivity contribution in [3.63, 3.8) is 0 Å². The van der Waals surface area contributed by atoms with E-state index in [9.17, 15) is 9.59 Å². The Balaban J connectivity index is 1.91. The molecule has 116 valence electrons. The van der Waals surface area contributed by atoms with Gasteiger partial charge < -0.3 is 4.42 Å². The molecule has 0 amide bonds. The molecule has 0 aliphatic carbocycles. The molecule has 4 aromatic rings. The van der Waals surface area contributed by atoms with E-state index in [1.165, 1.54) is 0 Å². The Bertz CT molecular complexity index is 1040. The Morgan fingerprint density at radius 3 is 2.42 bits per heavy atom. The lowest BCUT2D eigenvalue weighted by atomic mass is 10.1. The average Bonchev–Trinajstić information content (AvgIpc) is 3.26. The van der Waals surface area contributed by atoms with E-state index in [1.807, 2.05) is 42.5 Å². The van der Waals surface area contributed by atoms with Crippen LogP contribution in [0.15, 0.2) is 77.3 Å². The van der Waals surface area contributed by atoms with E-state index in [2.05, 4.69) is 0 Å². The molecule has 0 unspecified atom stereocenters. The van der Waals surface area contributed by atoms with Crippen LogP contribution in [0.4, 0.5) is 0 Å². The summed E-state index contributed by atoms with van der Waals surface area (Å²) in [7, 11) is 0. The summed E-state index contributed by atoms with van der Waals surface area (Å²) >= 11 is 0. The second-order valence-corrected chi connectivity index (χ2v) is 5.42. The van der Waals surface area contributed by atoms with Gasteiger partial charge in [-0.15, -0.1) is 0 Å². The zero-order chi connectivity index (χ0) is 16.5. The normalized spacial score (nSPS) is 10.8. The number of hydrogen-bond donors (Lipinski definition) is 0. The van der Waals surface area contributed by atoms with Gasteiger partial charge in [-0.3, -0.25) is 14.2 Å². The maximum Gasteiger partial charge on any atom is 0.262 e. The molecule has 4 rings (SSSR count). The summed E-state index contributed by atoms with van der Waals surface area (Å²) in [6.07, 6.45) is 2.42. The molecule has 0 fully saturated rings. The molecule has 24 heavy (non-hydrogen) atoms. The highest BCUT2D eigenvalue weighted by molar-refractivity contribution is 6.06. The van der Waals surface area contributed by atoms with Crippen molar-refractivity contribution < 1.29 is 14.0 Å². The van der Waals surface area contributed by atoms with Crippen LogP contribution in [0.3, 0.4) is 0 Å². The molecule has 2 heterocycles. The number of carbonyl (C=O) groups excluding carboxylic acids is 2. The molecule has 0 aliphatic heterocycles. The standard InChI is InChI=1S/C20H13NO3/c22-13-15-10-11-19(24-15)17-12-21(18-9-5-4-8-16(17)18)20(23)14-6-2-1-3-7-14/h1-13H. The molecule has 0 aliphatic rings. The van der Waals surface area contributed by atoms with E-state index in [4.69, 9.17) is 4.42 Å². The lowest BCUT2D eigenvalue weighted by molar-refractivity contribution is 0.0964. The van der Waals surface area contributed by atoms with Crippen molar-refractivity contribution >= 4 is 23.1 Å². The summed E-state index contributed by atoms with van der Waals surface area (Å²) in [6, 6.07) is 20.1. The van der Waals surface area contributed by atoms with Crippen LogP contribution in [0.5, 0.6) is 0 Å². The van der Waals surface area contributed by atoms with Crippen LogP contribution < -0.4 is 0 Å². The molecule has 0 spiro atoms. The monoisotopic (exact) mass is 315 g/mol. The summed E-state index contributed by atoms with van der Waals surface area (Å²) in [4.78, 5) is 23.7. The molecular formula is C20H13NO3. The molecule has 2 aromatic carbocycles. The van der Waals surface area contributed by atoms with E-state index in [-0.39, 0.29) is 11.7 Å². The number of carbonyl (C=O) groups is 2. The van der Waals surface area contributed by atoms with Gasteiger partial charge in [-0.25, -0.2) is 0 Å². The third-order valence-corrected chi connectivity index (χ3v) is 3.96. The van der Waals surface area contributed by atoms with Crippen molar-refractivity contribution in [3.8, 4) is 11.3 Å². The third-order valence-electron chi connectivity index (χ3n) is 3.96. The smallest absolute Gasteiger partial charge is 0.262 e. The minimum atomic E-state index is -0.111. The van der Waals surface area contributed by atoms with Crippen molar-refractivity contribution in [1.82, 2.24) is 4.57 Å². The number of hydrogen-bond acceptors (Lipinski definition) is 3. The lowest BCUT2D eigenvalue weighted by Gasteiger charge is -2.03. The minimum absolute atomic E-state index is 0.111. The lowest BCUT2D eigenvalue weighted by Crippen LogP contribution is -2.10. The third kappa shape index (κ3) is 2.25. The Hall–Kier alpha value is -3.40. The molecule has 0 saturated heterocycles. The Labute approximate surface area is 137 Å². The predicted octanol–water partition coefficient (Wildman–Crippen LogP) is 4.40. The van der Waals surface area contributed by atoms with Crippen molar-refractivity contribution in [1.29, 1.82) is 0 Å². The molecule has 2 aromatic heterocycles. The molecule has 0 bridgehead atoms.